The Hall–Kier alpha value is -2.61. The molecule has 1 aliphatic rings. The van der Waals surface area contributed by atoms with Crippen molar-refractivity contribution in [3.8, 4) is 11.3 Å². The molecule has 1 aromatic carbocycles. The van der Waals surface area contributed by atoms with Gasteiger partial charge in [0.05, 0.1) is 11.9 Å². The summed E-state index contributed by atoms with van der Waals surface area (Å²) in [6.07, 6.45) is 1.65. The second-order valence-corrected chi connectivity index (χ2v) is 5.82. The largest absolute Gasteiger partial charge is 0.383 e. The zero-order valence-corrected chi connectivity index (χ0v) is 13.0. The minimum absolute atomic E-state index is 0.146. The summed E-state index contributed by atoms with van der Waals surface area (Å²) in [6, 6.07) is 6.01. The van der Waals surface area contributed by atoms with E-state index in [9.17, 15) is 14.3 Å². The molecule has 3 N–H and O–H groups in total. The van der Waals surface area contributed by atoms with Gasteiger partial charge in [0.25, 0.3) is 0 Å². The summed E-state index contributed by atoms with van der Waals surface area (Å²) in [4.78, 5) is 17.5. The molecule has 1 aliphatic heterocycles. The van der Waals surface area contributed by atoms with Crippen LogP contribution in [0, 0.1) is 11.7 Å². The highest BCUT2D eigenvalue weighted by Gasteiger charge is 2.29. The van der Waals surface area contributed by atoms with Crippen LogP contribution in [-0.2, 0) is 4.79 Å². The number of primary amides is 1. The van der Waals surface area contributed by atoms with E-state index in [2.05, 4.69) is 15.2 Å². The number of aliphatic hydroxyl groups is 1. The number of aliphatic hydroxyl groups excluding tert-OH is 1. The lowest BCUT2D eigenvalue weighted by molar-refractivity contribution is -0.129. The number of carbonyl (C=O) groups excluding carboxylic acids is 1. The summed E-state index contributed by atoms with van der Waals surface area (Å²) in [7, 11) is 0. The Morgan fingerprint density at radius 3 is 2.58 bits per heavy atom. The van der Waals surface area contributed by atoms with E-state index in [0.29, 0.717) is 37.6 Å². The summed E-state index contributed by atoms with van der Waals surface area (Å²) in [5, 5.41) is 17.8. The number of anilines is 1. The standard InChI is InChI=1S/C16H18FN5O2/c17-12-3-1-10(2-4-12)13-9-19-21-16(20-13)22-7-5-11(6-8-22)14(23)15(18)24/h1-4,9,11,14,23H,5-8H2,(H2,18,24). The third-order valence-corrected chi connectivity index (χ3v) is 4.25. The zero-order valence-electron chi connectivity index (χ0n) is 13.0. The predicted molar refractivity (Wildman–Crippen MR) is 85.4 cm³/mol. The smallest absolute Gasteiger partial charge is 0.246 e. The second-order valence-electron chi connectivity index (χ2n) is 5.82. The van der Waals surface area contributed by atoms with Crippen LogP contribution < -0.4 is 10.6 Å². The normalized spacial score (nSPS) is 16.8. The number of nitrogens with two attached hydrogens (primary N) is 1. The molecule has 7 nitrogen and oxygen atoms in total. The van der Waals surface area contributed by atoms with Gasteiger partial charge in [0.1, 0.15) is 11.9 Å². The van der Waals surface area contributed by atoms with Crippen molar-refractivity contribution < 1.29 is 14.3 Å². The molecule has 126 valence electrons. The van der Waals surface area contributed by atoms with Gasteiger partial charge in [-0.05, 0) is 43.0 Å². The van der Waals surface area contributed by atoms with Crippen molar-refractivity contribution in [1.82, 2.24) is 15.2 Å². The first-order valence-electron chi connectivity index (χ1n) is 7.72. The summed E-state index contributed by atoms with van der Waals surface area (Å²) in [6.45, 7) is 1.20. The van der Waals surface area contributed by atoms with Gasteiger partial charge in [-0.3, -0.25) is 4.79 Å². The average Bonchev–Trinajstić information content (AvgIpc) is 2.62. The van der Waals surface area contributed by atoms with E-state index in [-0.39, 0.29) is 11.7 Å². The minimum Gasteiger partial charge on any atom is -0.383 e. The van der Waals surface area contributed by atoms with Crippen LogP contribution in [0.1, 0.15) is 12.8 Å². The number of aromatic nitrogens is 3. The Labute approximate surface area is 138 Å². The number of rotatable bonds is 4. The highest BCUT2D eigenvalue weighted by atomic mass is 19.1. The van der Waals surface area contributed by atoms with Gasteiger partial charge >= 0.3 is 0 Å². The van der Waals surface area contributed by atoms with E-state index in [1.54, 1.807) is 12.1 Å². The molecule has 1 saturated heterocycles. The maximum Gasteiger partial charge on any atom is 0.246 e. The van der Waals surface area contributed by atoms with Gasteiger partial charge in [-0.1, -0.05) is 0 Å². The SMILES string of the molecule is NC(=O)C(O)C1CCN(c2nncc(-c3ccc(F)cc3)n2)CC1. The number of amides is 1. The molecule has 0 saturated carbocycles. The molecule has 0 spiro atoms. The molecule has 0 bridgehead atoms. The monoisotopic (exact) mass is 331 g/mol. The van der Waals surface area contributed by atoms with Gasteiger partial charge in [0.15, 0.2) is 0 Å². The van der Waals surface area contributed by atoms with Crippen LogP contribution in [0.25, 0.3) is 11.3 Å². The van der Waals surface area contributed by atoms with Crippen molar-refractivity contribution >= 4 is 11.9 Å². The first kappa shape index (κ1) is 16.3. The average molecular weight is 331 g/mol. The number of benzene rings is 1. The molecule has 2 aromatic rings. The summed E-state index contributed by atoms with van der Waals surface area (Å²) in [5.41, 5.74) is 6.51. The van der Waals surface area contributed by atoms with Crippen molar-refractivity contribution in [2.75, 3.05) is 18.0 Å². The fourth-order valence-corrected chi connectivity index (χ4v) is 2.84. The molecule has 1 unspecified atom stereocenters. The van der Waals surface area contributed by atoms with Crippen LogP contribution in [0.3, 0.4) is 0 Å². The van der Waals surface area contributed by atoms with Crippen LogP contribution in [0.15, 0.2) is 30.5 Å². The molecular formula is C16H18FN5O2. The molecule has 0 radical (unpaired) electrons. The van der Waals surface area contributed by atoms with Crippen LogP contribution in [-0.4, -0.2) is 45.4 Å². The minimum atomic E-state index is -1.11. The van der Waals surface area contributed by atoms with E-state index in [4.69, 9.17) is 5.73 Å². The fraction of sp³-hybridized carbons (Fsp3) is 0.375. The Morgan fingerprint density at radius 1 is 1.29 bits per heavy atom. The Kier molecular flexibility index (Phi) is 4.66. The first-order chi connectivity index (χ1) is 11.5. The van der Waals surface area contributed by atoms with Crippen LogP contribution in [0.5, 0.6) is 0 Å². The second kappa shape index (κ2) is 6.88. The lowest BCUT2D eigenvalue weighted by Crippen LogP contribution is -2.43. The molecule has 1 fully saturated rings. The van der Waals surface area contributed by atoms with E-state index >= 15 is 0 Å². The number of hydrogen-bond donors (Lipinski definition) is 2. The highest BCUT2D eigenvalue weighted by Crippen LogP contribution is 2.24. The van der Waals surface area contributed by atoms with Gasteiger partial charge in [-0.25, -0.2) is 9.37 Å². The maximum atomic E-state index is 13.0. The molecular weight excluding hydrogens is 313 g/mol. The van der Waals surface area contributed by atoms with Crippen molar-refractivity contribution in [3.63, 3.8) is 0 Å². The topological polar surface area (TPSA) is 105 Å². The van der Waals surface area contributed by atoms with Gasteiger partial charge in [0.2, 0.25) is 11.9 Å². The van der Waals surface area contributed by atoms with E-state index in [1.807, 2.05) is 4.90 Å². The number of nitrogens with zero attached hydrogens (tertiary/aromatic N) is 4. The Morgan fingerprint density at radius 2 is 1.96 bits per heavy atom. The zero-order chi connectivity index (χ0) is 17.1. The van der Waals surface area contributed by atoms with E-state index in [0.717, 1.165) is 5.56 Å². The number of hydrogen-bond acceptors (Lipinski definition) is 6. The third-order valence-electron chi connectivity index (χ3n) is 4.25. The highest BCUT2D eigenvalue weighted by molar-refractivity contribution is 5.78. The Balaban J connectivity index is 1.71. The lowest BCUT2D eigenvalue weighted by Gasteiger charge is -2.33. The molecule has 1 amide bonds. The molecule has 0 aliphatic carbocycles. The Bertz CT molecular complexity index is 717. The maximum absolute atomic E-state index is 13.0. The molecule has 1 aromatic heterocycles. The molecule has 2 heterocycles. The van der Waals surface area contributed by atoms with Crippen molar-refractivity contribution in [2.24, 2.45) is 11.7 Å². The number of carbonyl (C=O) groups is 1. The first-order valence-corrected chi connectivity index (χ1v) is 7.72. The van der Waals surface area contributed by atoms with Crippen molar-refractivity contribution in [2.45, 2.75) is 18.9 Å². The summed E-state index contributed by atoms with van der Waals surface area (Å²) < 4.78 is 13.0. The predicted octanol–water partition coefficient (Wildman–Crippen LogP) is 0.740. The van der Waals surface area contributed by atoms with Crippen LogP contribution >= 0.6 is 0 Å². The molecule has 8 heteroatoms. The van der Waals surface area contributed by atoms with E-state index in [1.165, 1.54) is 18.3 Å². The van der Waals surface area contributed by atoms with Gasteiger partial charge in [-0.15, -0.1) is 5.10 Å². The van der Waals surface area contributed by atoms with Crippen molar-refractivity contribution in [1.29, 1.82) is 0 Å². The van der Waals surface area contributed by atoms with E-state index < -0.39 is 12.0 Å². The van der Waals surface area contributed by atoms with Gasteiger partial charge in [0, 0.05) is 18.7 Å². The molecule has 24 heavy (non-hydrogen) atoms. The van der Waals surface area contributed by atoms with Gasteiger partial charge in [-0.2, -0.15) is 5.10 Å². The summed E-state index contributed by atoms with van der Waals surface area (Å²) >= 11 is 0. The summed E-state index contributed by atoms with van der Waals surface area (Å²) in [5.74, 6) is -0.670. The number of piperidine rings is 1. The van der Waals surface area contributed by atoms with Crippen LogP contribution in [0.2, 0.25) is 0 Å². The lowest BCUT2D eigenvalue weighted by atomic mass is 9.91. The molecule has 1 atom stereocenters. The third kappa shape index (κ3) is 3.48. The van der Waals surface area contributed by atoms with Crippen molar-refractivity contribution in [3.05, 3.63) is 36.3 Å². The van der Waals surface area contributed by atoms with Gasteiger partial charge < -0.3 is 15.7 Å². The quantitative estimate of drug-likeness (QED) is 0.856. The molecule has 3 rings (SSSR count). The van der Waals surface area contributed by atoms with Crippen LogP contribution in [0.4, 0.5) is 10.3 Å². The fourth-order valence-electron chi connectivity index (χ4n) is 2.84. The number of halogens is 1.